The summed E-state index contributed by atoms with van der Waals surface area (Å²) in [6.07, 6.45) is 0. The number of benzene rings is 1. The zero-order chi connectivity index (χ0) is 9.42. The fourth-order valence-corrected chi connectivity index (χ4v) is 2.74. The molecule has 0 bridgehead atoms. The van der Waals surface area contributed by atoms with Crippen molar-refractivity contribution >= 4 is 49.1 Å². The molecule has 1 heterocycles. The van der Waals surface area contributed by atoms with Crippen LogP contribution >= 0.6 is 38.9 Å². The predicted octanol–water partition coefficient (Wildman–Crippen LogP) is 3.58. The van der Waals surface area contributed by atoms with Crippen molar-refractivity contribution in [3.8, 4) is 6.07 Å². The van der Waals surface area contributed by atoms with E-state index in [1.807, 2.05) is 6.07 Å². The van der Waals surface area contributed by atoms with Crippen molar-refractivity contribution in [1.82, 2.24) is 4.98 Å². The van der Waals surface area contributed by atoms with Crippen LogP contribution in [0, 0.1) is 11.3 Å². The molecule has 0 aliphatic carbocycles. The number of rotatable bonds is 0. The lowest BCUT2D eigenvalue weighted by Gasteiger charge is -1.93. The number of aromatic nitrogens is 1. The molecule has 64 valence electrons. The first-order chi connectivity index (χ1) is 6.22. The van der Waals surface area contributed by atoms with E-state index in [1.165, 1.54) is 11.3 Å². The number of nitrogens with zero attached hydrogens (tertiary/aromatic N) is 2. The highest BCUT2D eigenvalue weighted by atomic mass is 79.9. The van der Waals surface area contributed by atoms with E-state index < -0.39 is 0 Å². The van der Waals surface area contributed by atoms with Crippen LogP contribution in [-0.4, -0.2) is 4.98 Å². The first-order valence-electron chi connectivity index (χ1n) is 3.37. The maximum atomic E-state index is 8.72. The van der Waals surface area contributed by atoms with Gasteiger partial charge in [0.1, 0.15) is 6.07 Å². The van der Waals surface area contributed by atoms with E-state index in [4.69, 9.17) is 16.9 Å². The van der Waals surface area contributed by atoms with Gasteiger partial charge in [-0.15, -0.1) is 11.3 Å². The molecule has 1 aromatic carbocycles. The summed E-state index contributed by atoms with van der Waals surface area (Å²) in [5.41, 5.74) is 1.31. The van der Waals surface area contributed by atoms with Gasteiger partial charge in [0.05, 0.1) is 20.8 Å². The Bertz CT molecular complexity index is 515. The molecule has 5 heteroatoms. The van der Waals surface area contributed by atoms with Crippen LogP contribution < -0.4 is 0 Å². The zero-order valence-corrected chi connectivity index (χ0v) is 9.37. The first kappa shape index (κ1) is 8.95. The minimum Gasteiger partial charge on any atom is -0.229 e. The van der Waals surface area contributed by atoms with Crippen molar-refractivity contribution < 1.29 is 0 Å². The number of hydrogen-bond donors (Lipinski definition) is 0. The molecule has 0 saturated carbocycles. The molecule has 1 aromatic heterocycles. The van der Waals surface area contributed by atoms with E-state index in [0.717, 1.165) is 14.1 Å². The third kappa shape index (κ3) is 1.44. The van der Waals surface area contributed by atoms with Crippen LogP contribution in [0.25, 0.3) is 10.2 Å². The maximum absolute atomic E-state index is 8.72. The van der Waals surface area contributed by atoms with Gasteiger partial charge in [-0.3, -0.25) is 0 Å². The second-order valence-corrected chi connectivity index (χ2v) is 5.01. The Hall–Kier alpha value is -0.630. The van der Waals surface area contributed by atoms with E-state index in [1.54, 1.807) is 12.1 Å². The third-order valence-electron chi connectivity index (χ3n) is 1.59. The predicted molar refractivity (Wildman–Crippen MR) is 57.0 cm³/mol. The molecule has 0 aliphatic heterocycles. The minimum absolute atomic E-state index is 0.489. The number of hydrogen-bond acceptors (Lipinski definition) is 3. The average molecular weight is 274 g/mol. The Morgan fingerprint density at radius 3 is 3.00 bits per heavy atom. The molecule has 13 heavy (non-hydrogen) atoms. The molecular formula is C8H2BrClN2S. The average Bonchev–Trinajstić information content (AvgIpc) is 2.47. The maximum Gasteiger partial charge on any atom is 0.160 e. The minimum atomic E-state index is 0.489. The van der Waals surface area contributed by atoms with E-state index in [-0.39, 0.29) is 0 Å². The Morgan fingerprint density at radius 2 is 2.31 bits per heavy atom. The number of nitriles is 1. The Morgan fingerprint density at radius 1 is 1.54 bits per heavy atom. The summed E-state index contributed by atoms with van der Waals surface area (Å²) in [4.78, 5) is 4.19. The first-order valence-corrected chi connectivity index (χ1v) is 5.36. The van der Waals surface area contributed by atoms with E-state index in [9.17, 15) is 0 Å². The second-order valence-electron chi connectivity index (χ2n) is 2.35. The van der Waals surface area contributed by atoms with Crippen molar-refractivity contribution in [1.29, 1.82) is 5.26 Å². The third-order valence-corrected chi connectivity index (χ3v) is 3.64. The van der Waals surface area contributed by atoms with Gasteiger partial charge >= 0.3 is 0 Å². The largest absolute Gasteiger partial charge is 0.229 e. The summed E-state index contributed by atoms with van der Waals surface area (Å²) < 4.78 is 1.63. The molecule has 0 radical (unpaired) electrons. The van der Waals surface area contributed by atoms with E-state index in [2.05, 4.69) is 20.9 Å². The van der Waals surface area contributed by atoms with Crippen LogP contribution in [0.1, 0.15) is 5.56 Å². The van der Waals surface area contributed by atoms with Gasteiger partial charge in [-0.05, 0) is 28.1 Å². The van der Waals surface area contributed by atoms with Crippen LogP contribution in [0.5, 0.6) is 0 Å². The second kappa shape index (κ2) is 3.26. The monoisotopic (exact) mass is 272 g/mol. The molecule has 0 fully saturated rings. The quantitative estimate of drug-likeness (QED) is 0.735. The van der Waals surface area contributed by atoms with Crippen molar-refractivity contribution in [2.75, 3.05) is 0 Å². The number of halogens is 2. The van der Waals surface area contributed by atoms with Gasteiger partial charge in [-0.2, -0.15) is 5.26 Å². The van der Waals surface area contributed by atoms with Gasteiger partial charge in [0.2, 0.25) is 0 Å². The SMILES string of the molecule is N#Cc1ccc2nc(Br)sc2c1Cl. The van der Waals surface area contributed by atoms with Gasteiger partial charge in [-0.25, -0.2) is 4.98 Å². The van der Waals surface area contributed by atoms with Crippen molar-refractivity contribution in [2.45, 2.75) is 0 Å². The van der Waals surface area contributed by atoms with Gasteiger partial charge in [0.15, 0.2) is 3.92 Å². The van der Waals surface area contributed by atoms with Gasteiger partial charge < -0.3 is 0 Å². The standard InChI is InChI=1S/C8H2BrClN2S/c9-8-12-5-2-1-4(3-11)6(10)7(5)13-8/h1-2H. The summed E-state index contributed by atoms with van der Waals surface area (Å²) in [6, 6.07) is 5.50. The van der Waals surface area contributed by atoms with Crippen molar-refractivity contribution in [3.05, 3.63) is 26.6 Å². The molecule has 2 rings (SSSR count). The fourth-order valence-electron chi connectivity index (χ4n) is 1.02. The summed E-state index contributed by atoms with van der Waals surface area (Å²) in [5, 5.41) is 9.21. The molecule has 2 aromatic rings. The zero-order valence-electron chi connectivity index (χ0n) is 6.21. The van der Waals surface area contributed by atoms with E-state index >= 15 is 0 Å². The van der Waals surface area contributed by atoms with Crippen molar-refractivity contribution in [3.63, 3.8) is 0 Å². The van der Waals surface area contributed by atoms with Crippen LogP contribution in [-0.2, 0) is 0 Å². The molecule has 0 spiro atoms. The lowest BCUT2D eigenvalue weighted by Crippen LogP contribution is -1.76. The highest BCUT2D eigenvalue weighted by molar-refractivity contribution is 9.11. The molecule has 0 N–H and O–H groups in total. The Balaban J connectivity index is 2.87. The van der Waals surface area contributed by atoms with Gasteiger partial charge in [0, 0.05) is 0 Å². The number of thiazole rings is 1. The highest BCUT2D eigenvalue weighted by Gasteiger charge is 2.08. The Kier molecular flexibility index (Phi) is 2.24. The summed E-state index contributed by atoms with van der Waals surface area (Å²) in [6.45, 7) is 0. The molecule has 0 aliphatic rings. The van der Waals surface area contributed by atoms with Crippen LogP contribution in [0.15, 0.2) is 16.0 Å². The Labute approximate surface area is 91.9 Å². The molecule has 0 unspecified atom stereocenters. The number of fused-ring (bicyclic) bond motifs is 1. The molecule has 0 atom stereocenters. The van der Waals surface area contributed by atoms with Gasteiger partial charge in [0.25, 0.3) is 0 Å². The lowest BCUT2D eigenvalue weighted by molar-refractivity contribution is 1.44. The van der Waals surface area contributed by atoms with E-state index in [0.29, 0.717) is 10.6 Å². The fraction of sp³-hybridized carbons (Fsp3) is 0. The van der Waals surface area contributed by atoms with Gasteiger partial charge in [-0.1, -0.05) is 11.6 Å². The van der Waals surface area contributed by atoms with Crippen LogP contribution in [0.4, 0.5) is 0 Å². The molecular weight excluding hydrogens is 272 g/mol. The van der Waals surface area contributed by atoms with Crippen LogP contribution in [0.3, 0.4) is 0 Å². The smallest absolute Gasteiger partial charge is 0.160 e. The topological polar surface area (TPSA) is 36.7 Å². The van der Waals surface area contributed by atoms with Crippen LogP contribution in [0.2, 0.25) is 5.02 Å². The lowest BCUT2D eigenvalue weighted by atomic mass is 10.2. The summed E-state index contributed by atoms with van der Waals surface area (Å²) >= 11 is 10.7. The normalized spacial score (nSPS) is 10.2. The molecule has 0 saturated heterocycles. The molecule has 0 amide bonds. The van der Waals surface area contributed by atoms with Crippen molar-refractivity contribution in [2.24, 2.45) is 0 Å². The summed E-state index contributed by atoms with van der Waals surface area (Å²) in [5.74, 6) is 0. The highest BCUT2D eigenvalue weighted by Crippen LogP contribution is 2.33. The molecule has 2 nitrogen and oxygen atoms in total. The summed E-state index contributed by atoms with van der Waals surface area (Å²) in [7, 11) is 0.